The molecule has 4 nitrogen and oxygen atoms in total. The third-order valence-electron chi connectivity index (χ3n) is 2.86. The number of pyridine rings is 1. The second-order valence-corrected chi connectivity index (χ2v) is 4.53. The summed E-state index contributed by atoms with van der Waals surface area (Å²) in [4.78, 5) is 0. The summed E-state index contributed by atoms with van der Waals surface area (Å²) in [7, 11) is 0. The largest absolute Gasteiger partial charge is 0.398 e. The fourth-order valence-corrected chi connectivity index (χ4v) is 2.12. The number of aromatic nitrogens is 3. The molecule has 0 aliphatic carbocycles. The molecule has 0 bridgehead atoms. The molecule has 0 atom stereocenters. The van der Waals surface area contributed by atoms with Crippen LogP contribution < -0.4 is 5.73 Å². The molecular weight excluding hydrogens is 248 g/mol. The normalized spacial score (nSPS) is 11.0. The second kappa shape index (κ2) is 3.99. The van der Waals surface area contributed by atoms with Gasteiger partial charge < -0.3 is 5.73 Å². The molecule has 90 valence electrons. The van der Waals surface area contributed by atoms with Crippen LogP contribution in [-0.4, -0.2) is 14.6 Å². The summed E-state index contributed by atoms with van der Waals surface area (Å²) >= 11 is 6.31. The van der Waals surface area contributed by atoms with Crippen molar-refractivity contribution >= 4 is 22.9 Å². The van der Waals surface area contributed by atoms with E-state index < -0.39 is 0 Å². The Morgan fingerprint density at radius 3 is 2.83 bits per heavy atom. The Bertz CT molecular complexity index is 733. The number of nitrogen functional groups attached to an aromatic ring is 1. The van der Waals surface area contributed by atoms with Gasteiger partial charge >= 0.3 is 0 Å². The van der Waals surface area contributed by atoms with Gasteiger partial charge in [0.1, 0.15) is 0 Å². The monoisotopic (exact) mass is 258 g/mol. The molecule has 0 amide bonds. The molecule has 2 heterocycles. The summed E-state index contributed by atoms with van der Waals surface area (Å²) in [6, 6.07) is 9.46. The summed E-state index contributed by atoms with van der Waals surface area (Å²) in [5, 5.41) is 8.98. The zero-order valence-corrected chi connectivity index (χ0v) is 10.5. The molecule has 18 heavy (non-hydrogen) atoms. The first kappa shape index (κ1) is 11.0. The van der Waals surface area contributed by atoms with Crippen molar-refractivity contribution in [2.75, 3.05) is 5.73 Å². The standard InChI is InChI=1S/C13H11ClN4/c1-8-3-2-4-10(12(8)14)13-17-16-11-6-5-9(15)7-18(11)13/h2-7H,15H2,1H3. The number of benzene rings is 1. The molecule has 3 rings (SSSR count). The van der Waals surface area contributed by atoms with E-state index in [0.717, 1.165) is 16.8 Å². The van der Waals surface area contributed by atoms with Crippen LogP contribution in [0, 0.1) is 6.92 Å². The van der Waals surface area contributed by atoms with Crippen molar-refractivity contribution in [1.29, 1.82) is 0 Å². The summed E-state index contributed by atoms with van der Waals surface area (Å²) in [6.45, 7) is 1.96. The maximum absolute atomic E-state index is 6.31. The molecule has 0 saturated carbocycles. The first-order chi connectivity index (χ1) is 8.66. The highest BCUT2D eigenvalue weighted by molar-refractivity contribution is 6.33. The molecule has 2 aromatic heterocycles. The number of rotatable bonds is 1. The van der Waals surface area contributed by atoms with Gasteiger partial charge in [-0.2, -0.15) is 0 Å². The van der Waals surface area contributed by atoms with Crippen molar-refractivity contribution in [2.24, 2.45) is 0 Å². The molecule has 0 fully saturated rings. The average Bonchev–Trinajstić information content (AvgIpc) is 2.75. The van der Waals surface area contributed by atoms with Gasteiger partial charge in [-0.15, -0.1) is 10.2 Å². The van der Waals surface area contributed by atoms with Gasteiger partial charge in [0.15, 0.2) is 11.5 Å². The van der Waals surface area contributed by atoms with Crippen molar-refractivity contribution in [2.45, 2.75) is 6.92 Å². The number of fused-ring (bicyclic) bond motifs is 1. The van der Waals surface area contributed by atoms with Crippen molar-refractivity contribution < 1.29 is 0 Å². The maximum atomic E-state index is 6.31. The molecule has 0 saturated heterocycles. The molecule has 0 radical (unpaired) electrons. The first-order valence-corrected chi connectivity index (χ1v) is 5.90. The van der Waals surface area contributed by atoms with Crippen LogP contribution in [0.4, 0.5) is 5.69 Å². The van der Waals surface area contributed by atoms with E-state index in [2.05, 4.69) is 10.2 Å². The number of halogens is 1. The van der Waals surface area contributed by atoms with E-state index in [9.17, 15) is 0 Å². The van der Waals surface area contributed by atoms with E-state index in [4.69, 9.17) is 17.3 Å². The van der Waals surface area contributed by atoms with E-state index in [1.807, 2.05) is 35.6 Å². The lowest BCUT2D eigenvalue weighted by atomic mass is 10.1. The SMILES string of the molecule is Cc1cccc(-c2nnc3ccc(N)cn23)c1Cl. The Labute approximate surface area is 109 Å². The Balaban J connectivity index is 2.32. The smallest absolute Gasteiger partial charge is 0.169 e. The van der Waals surface area contributed by atoms with Crippen LogP contribution in [0.5, 0.6) is 0 Å². The number of aryl methyl sites for hydroxylation is 1. The first-order valence-electron chi connectivity index (χ1n) is 5.52. The molecule has 1 aromatic carbocycles. The van der Waals surface area contributed by atoms with Crippen LogP contribution in [0.15, 0.2) is 36.5 Å². The van der Waals surface area contributed by atoms with Gasteiger partial charge in [-0.1, -0.05) is 23.7 Å². The van der Waals surface area contributed by atoms with E-state index in [1.54, 1.807) is 12.3 Å². The van der Waals surface area contributed by atoms with E-state index in [1.165, 1.54) is 0 Å². The van der Waals surface area contributed by atoms with Crippen molar-refractivity contribution in [3.05, 3.63) is 47.1 Å². The van der Waals surface area contributed by atoms with Crippen LogP contribution in [0.2, 0.25) is 5.02 Å². The highest BCUT2D eigenvalue weighted by atomic mass is 35.5. The van der Waals surface area contributed by atoms with Gasteiger partial charge in [0.05, 0.1) is 5.02 Å². The third-order valence-corrected chi connectivity index (χ3v) is 3.36. The van der Waals surface area contributed by atoms with Crippen molar-refractivity contribution in [3.8, 4) is 11.4 Å². The number of anilines is 1. The predicted molar refractivity (Wildman–Crippen MR) is 72.6 cm³/mol. The Hall–Kier alpha value is -2.07. The minimum Gasteiger partial charge on any atom is -0.398 e. The second-order valence-electron chi connectivity index (χ2n) is 4.15. The van der Waals surface area contributed by atoms with Crippen LogP contribution in [-0.2, 0) is 0 Å². The summed E-state index contributed by atoms with van der Waals surface area (Å²) < 4.78 is 1.84. The highest BCUT2D eigenvalue weighted by Gasteiger charge is 2.12. The highest BCUT2D eigenvalue weighted by Crippen LogP contribution is 2.29. The van der Waals surface area contributed by atoms with Crippen LogP contribution in [0.25, 0.3) is 17.0 Å². The van der Waals surface area contributed by atoms with E-state index in [-0.39, 0.29) is 0 Å². The molecule has 0 aliphatic heterocycles. The zero-order chi connectivity index (χ0) is 12.7. The van der Waals surface area contributed by atoms with Crippen LogP contribution >= 0.6 is 11.6 Å². The van der Waals surface area contributed by atoms with Crippen molar-refractivity contribution in [1.82, 2.24) is 14.6 Å². The van der Waals surface area contributed by atoms with Crippen LogP contribution in [0.3, 0.4) is 0 Å². The quantitative estimate of drug-likeness (QED) is 0.730. The molecule has 0 aliphatic rings. The van der Waals surface area contributed by atoms with Crippen LogP contribution in [0.1, 0.15) is 5.56 Å². The molecule has 2 N–H and O–H groups in total. The fourth-order valence-electron chi connectivity index (χ4n) is 1.91. The van der Waals surface area contributed by atoms with Gasteiger partial charge in [0, 0.05) is 17.4 Å². The van der Waals surface area contributed by atoms with Gasteiger partial charge in [-0.25, -0.2) is 0 Å². The Kier molecular flexibility index (Phi) is 2.45. The number of hydrogen-bond acceptors (Lipinski definition) is 3. The van der Waals surface area contributed by atoms with Gasteiger partial charge in [-0.05, 0) is 30.7 Å². The average molecular weight is 259 g/mol. The number of nitrogens with zero attached hydrogens (tertiary/aromatic N) is 3. The third kappa shape index (κ3) is 1.62. The molecule has 3 aromatic rings. The summed E-state index contributed by atoms with van der Waals surface area (Å²) in [5.41, 5.74) is 9.06. The lowest BCUT2D eigenvalue weighted by Crippen LogP contribution is -1.94. The van der Waals surface area contributed by atoms with Gasteiger partial charge in [0.25, 0.3) is 0 Å². The summed E-state index contributed by atoms with van der Waals surface area (Å²) in [5.74, 6) is 0.700. The topological polar surface area (TPSA) is 56.2 Å². The number of nitrogens with two attached hydrogens (primary N) is 1. The minimum absolute atomic E-state index is 0.660. The minimum atomic E-state index is 0.660. The lowest BCUT2D eigenvalue weighted by Gasteiger charge is -2.05. The van der Waals surface area contributed by atoms with Gasteiger partial charge in [0.2, 0.25) is 0 Å². The molecule has 0 unspecified atom stereocenters. The number of hydrogen-bond donors (Lipinski definition) is 1. The molecule has 0 spiro atoms. The van der Waals surface area contributed by atoms with Crippen molar-refractivity contribution in [3.63, 3.8) is 0 Å². The summed E-state index contributed by atoms with van der Waals surface area (Å²) in [6.07, 6.45) is 1.79. The van der Waals surface area contributed by atoms with Gasteiger partial charge in [-0.3, -0.25) is 4.40 Å². The Morgan fingerprint density at radius 2 is 2.00 bits per heavy atom. The molecule has 5 heteroatoms. The molecular formula is C13H11ClN4. The zero-order valence-electron chi connectivity index (χ0n) is 9.76. The maximum Gasteiger partial charge on any atom is 0.169 e. The Morgan fingerprint density at radius 1 is 1.17 bits per heavy atom. The van der Waals surface area contributed by atoms with E-state index in [0.29, 0.717) is 16.5 Å². The lowest BCUT2D eigenvalue weighted by molar-refractivity contribution is 1.11. The van der Waals surface area contributed by atoms with E-state index >= 15 is 0 Å². The predicted octanol–water partition coefficient (Wildman–Crippen LogP) is 2.94. The fraction of sp³-hybridized carbons (Fsp3) is 0.0769.